The maximum Gasteiger partial charge on any atom is 0.127 e. The maximum atomic E-state index is 4.21. The van der Waals surface area contributed by atoms with Crippen molar-refractivity contribution in [1.29, 1.82) is 0 Å². The molecule has 0 bridgehead atoms. The van der Waals surface area contributed by atoms with Crippen molar-refractivity contribution in [2.75, 3.05) is 17.2 Å². The first-order valence-electron chi connectivity index (χ1n) is 5.19. The Bertz CT molecular complexity index is 427. The molecule has 0 fully saturated rings. The van der Waals surface area contributed by atoms with Crippen molar-refractivity contribution in [2.45, 2.75) is 13.5 Å². The van der Waals surface area contributed by atoms with Gasteiger partial charge in [-0.05, 0) is 13.0 Å². The van der Waals surface area contributed by atoms with Crippen molar-refractivity contribution in [3.8, 4) is 0 Å². The van der Waals surface area contributed by atoms with E-state index in [9.17, 15) is 0 Å². The Kier molecular flexibility index (Phi) is 3.71. The molecule has 0 saturated heterocycles. The summed E-state index contributed by atoms with van der Waals surface area (Å²) in [6, 6.07) is 3.96. The van der Waals surface area contributed by atoms with E-state index < -0.39 is 0 Å². The lowest BCUT2D eigenvalue weighted by atomic mass is 10.3. The van der Waals surface area contributed by atoms with Gasteiger partial charge in [0.05, 0.1) is 12.1 Å². The molecule has 4 nitrogen and oxygen atoms in total. The highest BCUT2D eigenvalue weighted by atomic mass is 32.1. The van der Waals surface area contributed by atoms with Crippen molar-refractivity contribution in [3.05, 3.63) is 34.9 Å². The van der Waals surface area contributed by atoms with Crippen LogP contribution in [0.3, 0.4) is 0 Å². The summed E-state index contributed by atoms with van der Waals surface area (Å²) >= 11 is 1.65. The summed E-state index contributed by atoms with van der Waals surface area (Å²) in [4.78, 5) is 9.47. The fraction of sp³-hybridized carbons (Fsp3) is 0.273. The fourth-order valence-corrected chi connectivity index (χ4v) is 1.87. The van der Waals surface area contributed by atoms with E-state index >= 15 is 0 Å². The molecule has 0 spiro atoms. The smallest absolute Gasteiger partial charge is 0.127 e. The zero-order valence-electron chi connectivity index (χ0n) is 9.10. The predicted molar refractivity (Wildman–Crippen MR) is 67.8 cm³/mol. The van der Waals surface area contributed by atoms with Gasteiger partial charge in [-0.15, -0.1) is 11.3 Å². The first-order chi connectivity index (χ1) is 7.88. The van der Waals surface area contributed by atoms with Crippen LogP contribution in [0.1, 0.15) is 11.8 Å². The number of rotatable bonds is 5. The van der Waals surface area contributed by atoms with E-state index in [4.69, 9.17) is 0 Å². The lowest BCUT2D eigenvalue weighted by molar-refractivity contribution is 1.14. The predicted octanol–water partition coefficient (Wildman–Crippen LogP) is 2.58. The van der Waals surface area contributed by atoms with Crippen LogP contribution in [0.4, 0.5) is 11.5 Å². The van der Waals surface area contributed by atoms with Crippen LogP contribution in [0, 0.1) is 0 Å². The number of aromatic nitrogens is 2. The average Bonchev–Trinajstić information content (AvgIpc) is 2.80. The maximum absolute atomic E-state index is 4.21. The first kappa shape index (κ1) is 10.9. The summed E-state index contributed by atoms with van der Waals surface area (Å²) in [6.45, 7) is 3.74. The lowest BCUT2D eigenvalue weighted by Crippen LogP contribution is -2.01. The summed E-state index contributed by atoms with van der Waals surface area (Å²) in [7, 11) is 0. The van der Waals surface area contributed by atoms with Gasteiger partial charge in [0, 0.05) is 35.6 Å². The van der Waals surface area contributed by atoms with Crippen molar-refractivity contribution < 1.29 is 0 Å². The number of nitrogens with one attached hydrogen (secondary N) is 2. The minimum absolute atomic E-state index is 0.806. The summed E-state index contributed by atoms with van der Waals surface area (Å²) in [5, 5.41) is 6.52. The van der Waals surface area contributed by atoms with E-state index in [0.29, 0.717) is 0 Å². The summed E-state index contributed by atoms with van der Waals surface area (Å²) in [5.41, 5.74) is 2.91. The second-order valence-electron chi connectivity index (χ2n) is 3.28. The number of thiazole rings is 1. The highest BCUT2D eigenvalue weighted by Crippen LogP contribution is 2.14. The van der Waals surface area contributed by atoms with Gasteiger partial charge in [0.15, 0.2) is 0 Å². The van der Waals surface area contributed by atoms with Gasteiger partial charge in [-0.25, -0.2) is 4.98 Å². The van der Waals surface area contributed by atoms with Crippen molar-refractivity contribution in [2.24, 2.45) is 0 Å². The Labute approximate surface area is 98.8 Å². The number of hydrogen-bond acceptors (Lipinski definition) is 5. The normalized spacial score (nSPS) is 10.1. The van der Waals surface area contributed by atoms with Crippen LogP contribution in [0.2, 0.25) is 0 Å². The largest absolute Gasteiger partial charge is 0.380 e. The Morgan fingerprint density at radius 2 is 2.31 bits per heavy atom. The molecule has 0 aromatic carbocycles. The van der Waals surface area contributed by atoms with Crippen LogP contribution < -0.4 is 10.6 Å². The highest BCUT2D eigenvalue weighted by molar-refractivity contribution is 7.09. The van der Waals surface area contributed by atoms with Gasteiger partial charge in [-0.3, -0.25) is 4.98 Å². The molecule has 16 heavy (non-hydrogen) atoms. The highest BCUT2D eigenvalue weighted by Gasteiger charge is 1.97. The Balaban J connectivity index is 1.96. The Morgan fingerprint density at radius 3 is 3.06 bits per heavy atom. The molecule has 2 aromatic rings. The molecular formula is C11H14N4S. The topological polar surface area (TPSA) is 49.8 Å². The molecule has 2 heterocycles. The van der Waals surface area contributed by atoms with Gasteiger partial charge >= 0.3 is 0 Å². The zero-order valence-corrected chi connectivity index (χ0v) is 9.92. The molecule has 0 amide bonds. The van der Waals surface area contributed by atoms with Gasteiger partial charge in [0.2, 0.25) is 0 Å². The van der Waals surface area contributed by atoms with Gasteiger partial charge in [-0.1, -0.05) is 0 Å². The van der Waals surface area contributed by atoms with Crippen LogP contribution in [-0.2, 0) is 6.54 Å². The molecule has 0 radical (unpaired) electrons. The van der Waals surface area contributed by atoms with Crippen LogP contribution in [-0.4, -0.2) is 16.5 Å². The molecule has 0 unspecified atom stereocenters. The second-order valence-corrected chi connectivity index (χ2v) is 4.25. The zero-order chi connectivity index (χ0) is 11.2. The molecule has 2 aromatic heterocycles. The first-order valence-corrected chi connectivity index (χ1v) is 6.07. The van der Waals surface area contributed by atoms with E-state index in [1.54, 1.807) is 17.5 Å². The van der Waals surface area contributed by atoms with Crippen molar-refractivity contribution >= 4 is 22.8 Å². The summed E-state index contributed by atoms with van der Waals surface area (Å²) in [6.07, 6.45) is 3.68. The van der Waals surface area contributed by atoms with Gasteiger partial charge < -0.3 is 10.6 Å². The van der Waals surface area contributed by atoms with Gasteiger partial charge in [0.1, 0.15) is 5.82 Å². The number of pyridine rings is 1. The minimum atomic E-state index is 0.806. The van der Waals surface area contributed by atoms with Crippen LogP contribution >= 0.6 is 11.3 Å². The lowest BCUT2D eigenvalue weighted by Gasteiger charge is -2.07. The number of nitrogens with zero attached hydrogens (tertiary/aromatic N) is 2. The third kappa shape index (κ3) is 2.93. The summed E-state index contributed by atoms with van der Waals surface area (Å²) < 4.78 is 0. The summed E-state index contributed by atoms with van der Waals surface area (Å²) in [5.74, 6) is 0.900. The van der Waals surface area contributed by atoms with Crippen molar-refractivity contribution in [3.63, 3.8) is 0 Å². The molecule has 2 N–H and O–H groups in total. The Morgan fingerprint density at radius 1 is 1.38 bits per heavy atom. The monoisotopic (exact) mass is 234 g/mol. The minimum Gasteiger partial charge on any atom is -0.380 e. The Hall–Kier alpha value is -1.62. The molecule has 0 aliphatic rings. The fourth-order valence-electron chi connectivity index (χ4n) is 1.34. The molecular weight excluding hydrogens is 220 g/mol. The third-order valence-electron chi connectivity index (χ3n) is 2.07. The molecule has 0 atom stereocenters. The number of hydrogen-bond donors (Lipinski definition) is 2. The molecule has 0 saturated carbocycles. The second kappa shape index (κ2) is 5.46. The molecule has 5 heteroatoms. The van der Waals surface area contributed by atoms with E-state index in [2.05, 4.69) is 27.5 Å². The van der Waals surface area contributed by atoms with E-state index in [-0.39, 0.29) is 0 Å². The quantitative estimate of drug-likeness (QED) is 0.835. The van der Waals surface area contributed by atoms with Gasteiger partial charge in [0.25, 0.3) is 0 Å². The van der Waals surface area contributed by atoms with Crippen LogP contribution in [0.25, 0.3) is 0 Å². The SMILES string of the molecule is CCNc1cc(NCc2cncs2)ccn1. The van der Waals surface area contributed by atoms with Gasteiger partial charge in [-0.2, -0.15) is 0 Å². The average molecular weight is 234 g/mol. The van der Waals surface area contributed by atoms with E-state index in [1.807, 2.05) is 23.8 Å². The molecule has 0 aliphatic heterocycles. The van der Waals surface area contributed by atoms with Crippen molar-refractivity contribution in [1.82, 2.24) is 9.97 Å². The molecule has 84 valence electrons. The standard InChI is InChI=1S/C11H14N4S/c1-2-13-11-5-9(3-4-14-11)15-7-10-6-12-8-16-10/h3-6,8H,2,7H2,1H3,(H2,13,14,15). The van der Waals surface area contributed by atoms with Crippen LogP contribution in [0.5, 0.6) is 0 Å². The van der Waals surface area contributed by atoms with E-state index in [1.165, 1.54) is 4.88 Å². The molecule has 2 rings (SSSR count). The van der Waals surface area contributed by atoms with E-state index in [0.717, 1.165) is 24.6 Å². The van der Waals surface area contributed by atoms with Crippen LogP contribution in [0.15, 0.2) is 30.0 Å². The number of anilines is 2. The molecule has 0 aliphatic carbocycles. The third-order valence-corrected chi connectivity index (χ3v) is 2.85.